The van der Waals surface area contributed by atoms with Gasteiger partial charge in [-0.3, -0.25) is 14.7 Å². The van der Waals surface area contributed by atoms with Crippen LogP contribution in [0, 0.1) is 11.8 Å². The van der Waals surface area contributed by atoms with E-state index in [0.29, 0.717) is 18.5 Å². The second-order valence-electron chi connectivity index (χ2n) is 6.91. The quantitative estimate of drug-likeness (QED) is 0.761. The van der Waals surface area contributed by atoms with E-state index in [1.807, 2.05) is 18.3 Å². The summed E-state index contributed by atoms with van der Waals surface area (Å²) in [5.74, 6) is 0.770. The molecular weight excluding hydrogens is 395 g/mol. The van der Waals surface area contributed by atoms with Crippen molar-refractivity contribution in [2.75, 3.05) is 19.6 Å². The number of carbonyl (C=O) groups excluding carboxylic acids is 1. The highest BCUT2D eigenvalue weighted by Crippen LogP contribution is 2.31. The first-order chi connectivity index (χ1) is 11.3. The van der Waals surface area contributed by atoms with Gasteiger partial charge in [-0.1, -0.05) is 12.5 Å². The van der Waals surface area contributed by atoms with Crippen molar-refractivity contribution in [2.45, 2.75) is 44.7 Å². The average molecular weight is 426 g/mol. The number of likely N-dealkylation sites (tertiary alicyclic amines) is 1. The molecular formula is C18H31Cl3N4O. The van der Waals surface area contributed by atoms with Gasteiger partial charge in [0.15, 0.2) is 0 Å². The standard InChI is InChI=1S/C18H28N4O.3ClH/c19-12-14-4-3-6-17(14)18(23)21-15-7-10-22(11-8-15)13-16-5-1-2-9-20-16;;;/h1-2,5,9,14-15,17H,3-4,6-8,10-13,19H2,(H,21,23);3*1H/t14-,17-;;;/m1.../s1. The highest BCUT2D eigenvalue weighted by Gasteiger charge is 2.33. The Bertz CT molecular complexity index is 512. The summed E-state index contributed by atoms with van der Waals surface area (Å²) in [5, 5.41) is 3.27. The van der Waals surface area contributed by atoms with E-state index in [4.69, 9.17) is 5.73 Å². The number of nitrogens with two attached hydrogens (primary N) is 1. The van der Waals surface area contributed by atoms with Crippen molar-refractivity contribution in [3.8, 4) is 0 Å². The monoisotopic (exact) mass is 424 g/mol. The molecule has 5 nitrogen and oxygen atoms in total. The lowest BCUT2D eigenvalue weighted by Crippen LogP contribution is -2.47. The van der Waals surface area contributed by atoms with E-state index in [0.717, 1.165) is 57.4 Å². The fourth-order valence-corrected chi connectivity index (χ4v) is 3.93. The molecule has 2 heterocycles. The lowest BCUT2D eigenvalue weighted by molar-refractivity contribution is -0.127. The highest BCUT2D eigenvalue weighted by molar-refractivity contribution is 5.86. The van der Waals surface area contributed by atoms with E-state index in [1.54, 1.807) is 0 Å². The molecule has 1 amide bonds. The van der Waals surface area contributed by atoms with Crippen LogP contribution in [0.15, 0.2) is 24.4 Å². The third-order valence-electron chi connectivity index (χ3n) is 5.34. The number of nitrogens with one attached hydrogen (secondary N) is 1. The molecule has 26 heavy (non-hydrogen) atoms. The van der Waals surface area contributed by atoms with E-state index in [9.17, 15) is 4.79 Å². The Morgan fingerprint density at radius 1 is 1.15 bits per heavy atom. The van der Waals surface area contributed by atoms with E-state index in [-0.39, 0.29) is 49.0 Å². The highest BCUT2D eigenvalue weighted by atomic mass is 35.5. The van der Waals surface area contributed by atoms with E-state index in [1.165, 1.54) is 0 Å². The summed E-state index contributed by atoms with van der Waals surface area (Å²) in [6.45, 7) is 3.58. The minimum atomic E-state index is 0. The Kier molecular flexibility index (Phi) is 12.4. The Hall–Kier alpha value is -0.590. The molecule has 1 saturated carbocycles. The molecule has 0 radical (unpaired) electrons. The van der Waals surface area contributed by atoms with Gasteiger partial charge in [-0.25, -0.2) is 0 Å². The zero-order chi connectivity index (χ0) is 16.1. The Balaban J connectivity index is 0.00000208. The van der Waals surface area contributed by atoms with Crippen LogP contribution < -0.4 is 11.1 Å². The fraction of sp³-hybridized carbons (Fsp3) is 0.667. The molecule has 2 fully saturated rings. The number of nitrogens with zero attached hydrogens (tertiary/aromatic N) is 2. The molecule has 2 aliphatic rings. The second-order valence-corrected chi connectivity index (χ2v) is 6.91. The van der Waals surface area contributed by atoms with Crippen molar-refractivity contribution in [2.24, 2.45) is 17.6 Å². The van der Waals surface area contributed by atoms with Gasteiger partial charge in [-0.05, 0) is 50.3 Å². The number of aromatic nitrogens is 1. The SMILES string of the molecule is Cl.Cl.Cl.NC[C@H]1CCC[C@H]1C(=O)NC1CCN(Cc2ccccn2)CC1. The fourth-order valence-electron chi connectivity index (χ4n) is 3.93. The minimum absolute atomic E-state index is 0. The lowest BCUT2D eigenvalue weighted by atomic mass is 9.94. The molecule has 1 aliphatic heterocycles. The third kappa shape index (κ3) is 6.86. The number of hydrogen-bond donors (Lipinski definition) is 2. The van der Waals surface area contributed by atoms with Crippen LogP contribution >= 0.6 is 37.2 Å². The minimum Gasteiger partial charge on any atom is -0.353 e. The number of carbonyl (C=O) groups is 1. The Morgan fingerprint density at radius 3 is 2.50 bits per heavy atom. The summed E-state index contributed by atoms with van der Waals surface area (Å²) >= 11 is 0. The maximum Gasteiger partial charge on any atom is 0.223 e. The number of hydrogen-bond acceptors (Lipinski definition) is 4. The van der Waals surface area contributed by atoms with Crippen molar-refractivity contribution in [1.29, 1.82) is 0 Å². The second kappa shape index (κ2) is 12.7. The van der Waals surface area contributed by atoms with Crippen LogP contribution in [-0.2, 0) is 11.3 Å². The number of amides is 1. The van der Waals surface area contributed by atoms with Gasteiger partial charge >= 0.3 is 0 Å². The van der Waals surface area contributed by atoms with Crippen molar-refractivity contribution in [1.82, 2.24) is 15.2 Å². The van der Waals surface area contributed by atoms with Crippen LogP contribution in [0.3, 0.4) is 0 Å². The summed E-state index contributed by atoms with van der Waals surface area (Å²) in [7, 11) is 0. The van der Waals surface area contributed by atoms with Crippen molar-refractivity contribution in [3.63, 3.8) is 0 Å². The molecule has 1 aliphatic carbocycles. The number of rotatable bonds is 5. The molecule has 0 aromatic carbocycles. The topological polar surface area (TPSA) is 71.2 Å². The largest absolute Gasteiger partial charge is 0.353 e. The number of piperidine rings is 1. The summed E-state index contributed by atoms with van der Waals surface area (Å²) in [6.07, 6.45) is 7.15. The molecule has 8 heteroatoms. The van der Waals surface area contributed by atoms with Crippen LogP contribution in [0.25, 0.3) is 0 Å². The summed E-state index contributed by atoms with van der Waals surface area (Å²) in [6, 6.07) is 6.37. The van der Waals surface area contributed by atoms with Crippen LogP contribution in [-0.4, -0.2) is 41.5 Å². The summed E-state index contributed by atoms with van der Waals surface area (Å²) < 4.78 is 0. The first-order valence-electron chi connectivity index (χ1n) is 8.89. The smallest absolute Gasteiger partial charge is 0.223 e. The average Bonchev–Trinajstić information content (AvgIpc) is 3.06. The molecule has 3 rings (SSSR count). The van der Waals surface area contributed by atoms with Crippen molar-refractivity contribution >= 4 is 43.1 Å². The molecule has 0 unspecified atom stereocenters. The number of pyridine rings is 1. The zero-order valence-electron chi connectivity index (χ0n) is 15.0. The first-order valence-corrected chi connectivity index (χ1v) is 8.89. The molecule has 1 aromatic heterocycles. The first kappa shape index (κ1) is 25.4. The van der Waals surface area contributed by atoms with Crippen molar-refractivity contribution in [3.05, 3.63) is 30.1 Å². The zero-order valence-corrected chi connectivity index (χ0v) is 17.5. The maximum absolute atomic E-state index is 12.5. The van der Waals surface area contributed by atoms with Crippen LogP contribution in [0.2, 0.25) is 0 Å². The molecule has 150 valence electrons. The van der Waals surface area contributed by atoms with Gasteiger partial charge in [0.25, 0.3) is 0 Å². The van der Waals surface area contributed by atoms with Gasteiger partial charge in [-0.15, -0.1) is 37.2 Å². The van der Waals surface area contributed by atoms with Crippen LogP contribution in [0.1, 0.15) is 37.8 Å². The Labute approximate surface area is 175 Å². The summed E-state index contributed by atoms with van der Waals surface area (Å²) in [4.78, 5) is 19.3. The third-order valence-corrected chi connectivity index (χ3v) is 5.34. The number of halogens is 3. The van der Waals surface area contributed by atoms with Gasteiger partial charge in [-0.2, -0.15) is 0 Å². The molecule has 3 N–H and O–H groups in total. The van der Waals surface area contributed by atoms with Gasteiger partial charge in [0.05, 0.1) is 5.69 Å². The van der Waals surface area contributed by atoms with Crippen molar-refractivity contribution < 1.29 is 4.79 Å². The molecule has 1 aromatic rings. The van der Waals surface area contributed by atoms with E-state index < -0.39 is 0 Å². The molecule has 2 atom stereocenters. The molecule has 1 saturated heterocycles. The van der Waals surface area contributed by atoms with Gasteiger partial charge < -0.3 is 11.1 Å². The predicted molar refractivity (Wildman–Crippen MR) is 112 cm³/mol. The Morgan fingerprint density at radius 2 is 1.88 bits per heavy atom. The lowest BCUT2D eigenvalue weighted by Gasteiger charge is -2.33. The summed E-state index contributed by atoms with van der Waals surface area (Å²) in [5.41, 5.74) is 6.91. The predicted octanol–water partition coefficient (Wildman–Crippen LogP) is 2.80. The molecule has 0 spiro atoms. The van der Waals surface area contributed by atoms with Gasteiger partial charge in [0.2, 0.25) is 5.91 Å². The molecule has 0 bridgehead atoms. The maximum atomic E-state index is 12.5. The van der Waals surface area contributed by atoms with E-state index in [2.05, 4.69) is 21.3 Å². The van der Waals surface area contributed by atoms with Gasteiger partial charge in [0, 0.05) is 37.8 Å². The van der Waals surface area contributed by atoms with Crippen LogP contribution in [0.4, 0.5) is 0 Å². The van der Waals surface area contributed by atoms with Gasteiger partial charge in [0.1, 0.15) is 0 Å². The van der Waals surface area contributed by atoms with E-state index >= 15 is 0 Å². The van der Waals surface area contributed by atoms with Crippen LogP contribution in [0.5, 0.6) is 0 Å². The normalized spacial score (nSPS) is 23.3.